The molecule has 0 aliphatic heterocycles. The summed E-state index contributed by atoms with van der Waals surface area (Å²) in [6, 6.07) is 17.2. The molecule has 0 aliphatic carbocycles. The van der Waals surface area contributed by atoms with E-state index in [1.165, 1.54) is 19.7 Å². The molecule has 6 nitrogen and oxygen atoms in total. The van der Waals surface area contributed by atoms with Gasteiger partial charge in [0.1, 0.15) is 0 Å². The van der Waals surface area contributed by atoms with Gasteiger partial charge in [-0.3, -0.25) is 4.79 Å². The molecule has 128 valence electrons. The average Bonchev–Trinajstić information content (AvgIpc) is 3.18. The van der Waals surface area contributed by atoms with Gasteiger partial charge in [0.2, 0.25) is 5.88 Å². The molecule has 2 heterocycles. The van der Waals surface area contributed by atoms with Crippen LogP contribution in [0.5, 0.6) is 5.88 Å². The number of ether oxygens (including phenoxy) is 1. The van der Waals surface area contributed by atoms with Crippen LogP contribution in [-0.2, 0) is 0 Å². The minimum Gasteiger partial charge on any atom is -0.481 e. The highest BCUT2D eigenvalue weighted by atomic mass is 16.5. The average molecular weight is 345 g/mol. The second kappa shape index (κ2) is 6.68. The second-order valence-corrected chi connectivity index (χ2v) is 5.64. The van der Waals surface area contributed by atoms with Gasteiger partial charge >= 0.3 is 0 Å². The Morgan fingerprint density at radius 1 is 1.04 bits per heavy atom. The number of methoxy groups -OCH3 is 1. The standard InChI is InChI=1S/C20H15N3O3/c1-25-17-9-8-16(11-21-17)23-20(24)18-19(26-12-22-18)15-7-6-13-4-2-3-5-14(13)10-15/h2-12H,1H3,(H,23,24). The van der Waals surface area contributed by atoms with Crippen LogP contribution in [0.15, 0.2) is 71.6 Å². The number of hydrogen-bond acceptors (Lipinski definition) is 5. The van der Waals surface area contributed by atoms with Gasteiger partial charge in [-0.1, -0.05) is 36.4 Å². The van der Waals surface area contributed by atoms with E-state index >= 15 is 0 Å². The Bertz CT molecular complexity index is 1070. The van der Waals surface area contributed by atoms with Gasteiger partial charge in [0.25, 0.3) is 5.91 Å². The number of nitrogens with one attached hydrogen (secondary N) is 1. The number of hydrogen-bond donors (Lipinski definition) is 1. The number of carbonyl (C=O) groups excluding carboxylic acids is 1. The van der Waals surface area contributed by atoms with Crippen LogP contribution in [0.2, 0.25) is 0 Å². The molecule has 4 aromatic rings. The highest BCUT2D eigenvalue weighted by molar-refractivity contribution is 6.06. The molecule has 4 rings (SSSR count). The molecule has 0 radical (unpaired) electrons. The summed E-state index contributed by atoms with van der Waals surface area (Å²) in [5.74, 6) is 0.532. The summed E-state index contributed by atoms with van der Waals surface area (Å²) in [6.07, 6.45) is 2.79. The maximum atomic E-state index is 12.6. The van der Waals surface area contributed by atoms with Crippen LogP contribution in [0.1, 0.15) is 10.5 Å². The molecule has 0 unspecified atom stereocenters. The Balaban J connectivity index is 1.63. The van der Waals surface area contributed by atoms with Crippen LogP contribution in [0.25, 0.3) is 22.1 Å². The summed E-state index contributed by atoms with van der Waals surface area (Å²) in [7, 11) is 1.53. The molecule has 2 aromatic carbocycles. The van der Waals surface area contributed by atoms with Crippen LogP contribution in [-0.4, -0.2) is 23.0 Å². The summed E-state index contributed by atoms with van der Waals surface area (Å²) < 4.78 is 10.5. The normalized spacial score (nSPS) is 10.7. The fourth-order valence-electron chi connectivity index (χ4n) is 2.71. The molecule has 0 atom stereocenters. The molecule has 26 heavy (non-hydrogen) atoms. The minimum atomic E-state index is -0.367. The fourth-order valence-corrected chi connectivity index (χ4v) is 2.71. The van der Waals surface area contributed by atoms with Crippen LogP contribution < -0.4 is 10.1 Å². The van der Waals surface area contributed by atoms with Crippen molar-refractivity contribution in [2.75, 3.05) is 12.4 Å². The van der Waals surface area contributed by atoms with E-state index in [0.29, 0.717) is 17.3 Å². The van der Waals surface area contributed by atoms with Crippen LogP contribution in [0.4, 0.5) is 5.69 Å². The fraction of sp³-hybridized carbons (Fsp3) is 0.0500. The Kier molecular flexibility index (Phi) is 4.07. The van der Waals surface area contributed by atoms with Gasteiger partial charge in [0.15, 0.2) is 17.8 Å². The second-order valence-electron chi connectivity index (χ2n) is 5.64. The highest BCUT2D eigenvalue weighted by Gasteiger charge is 2.19. The van der Waals surface area contributed by atoms with Crippen LogP contribution in [0, 0.1) is 0 Å². The first-order valence-electron chi connectivity index (χ1n) is 7.98. The number of carbonyl (C=O) groups is 1. The zero-order valence-electron chi connectivity index (χ0n) is 14.0. The van der Waals surface area contributed by atoms with Crippen molar-refractivity contribution < 1.29 is 13.9 Å². The summed E-state index contributed by atoms with van der Waals surface area (Å²) >= 11 is 0. The van der Waals surface area contributed by atoms with Crippen molar-refractivity contribution in [2.24, 2.45) is 0 Å². The molecule has 0 saturated heterocycles. The molecule has 0 bridgehead atoms. The predicted octanol–water partition coefficient (Wildman–Crippen LogP) is 4.15. The maximum absolute atomic E-state index is 12.6. The third kappa shape index (κ3) is 3.00. The number of pyridine rings is 1. The Hall–Kier alpha value is -3.67. The molecule has 0 fully saturated rings. The lowest BCUT2D eigenvalue weighted by molar-refractivity contribution is 0.102. The predicted molar refractivity (Wildman–Crippen MR) is 98.2 cm³/mol. The number of amides is 1. The van der Waals surface area contributed by atoms with Gasteiger partial charge < -0.3 is 14.5 Å². The number of aromatic nitrogens is 2. The van der Waals surface area contributed by atoms with Gasteiger partial charge in [0.05, 0.1) is 19.0 Å². The van der Waals surface area contributed by atoms with E-state index < -0.39 is 0 Å². The first-order chi connectivity index (χ1) is 12.7. The van der Waals surface area contributed by atoms with Crippen molar-refractivity contribution in [3.8, 4) is 17.2 Å². The third-order valence-electron chi connectivity index (χ3n) is 4.00. The number of anilines is 1. The quantitative estimate of drug-likeness (QED) is 0.601. The molecular formula is C20H15N3O3. The SMILES string of the molecule is COc1ccc(NC(=O)c2ncoc2-c2ccc3ccccc3c2)cn1. The first kappa shape index (κ1) is 15.8. The van der Waals surface area contributed by atoms with E-state index in [2.05, 4.69) is 15.3 Å². The summed E-state index contributed by atoms with van der Waals surface area (Å²) in [4.78, 5) is 20.7. The molecule has 0 spiro atoms. The number of nitrogens with zero attached hydrogens (tertiary/aromatic N) is 2. The lowest BCUT2D eigenvalue weighted by atomic mass is 10.0. The topological polar surface area (TPSA) is 77.2 Å². The van der Waals surface area contributed by atoms with Crippen molar-refractivity contribution in [3.63, 3.8) is 0 Å². The summed E-state index contributed by atoms with van der Waals surface area (Å²) in [5.41, 5.74) is 1.55. The van der Waals surface area contributed by atoms with E-state index in [-0.39, 0.29) is 11.6 Å². The van der Waals surface area contributed by atoms with Crippen LogP contribution >= 0.6 is 0 Å². The van der Waals surface area contributed by atoms with Crippen molar-refractivity contribution >= 4 is 22.4 Å². The van der Waals surface area contributed by atoms with Gasteiger partial charge in [-0.2, -0.15) is 0 Å². The van der Waals surface area contributed by atoms with Gasteiger partial charge in [-0.25, -0.2) is 9.97 Å². The molecule has 6 heteroatoms. The molecule has 1 amide bonds. The minimum absolute atomic E-state index is 0.219. The molecule has 2 aromatic heterocycles. The third-order valence-corrected chi connectivity index (χ3v) is 4.00. The number of oxazole rings is 1. The first-order valence-corrected chi connectivity index (χ1v) is 7.98. The smallest absolute Gasteiger partial charge is 0.278 e. The number of fused-ring (bicyclic) bond motifs is 1. The van der Waals surface area contributed by atoms with E-state index in [0.717, 1.165) is 16.3 Å². The van der Waals surface area contributed by atoms with E-state index in [1.807, 2.05) is 42.5 Å². The van der Waals surface area contributed by atoms with Gasteiger partial charge in [-0.15, -0.1) is 0 Å². The maximum Gasteiger partial charge on any atom is 0.278 e. The Morgan fingerprint density at radius 2 is 1.88 bits per heavy atom. The molecule has 0 saturated carbocycles. The zero-order chi connectivity index (χ0) is 17.9. The van der Waals surface area contributed by atoms with E-state index in [1.54, 1.807) is 12.1 Å². The summed E-state index contributed by atoms with van der Waals surface area (Å²) in [5, 5.41) is 4.94. The zero-order valence-corrected chi connectivity index (χ0v) is 14.0. The largest absolute Gasteiger partial charge is 0.481 e. The number of benzene rings is 2. The highest BCUT2D eigenvalue weighted by Crippen LogP contribution is 2.27. The summed E-state index contributed by atoms with van der Waals surface area (Å²) in [6.45, 7) is 0. The van der Waals surface area contributed by atoms with Crippen molar-refractivity contribution in [1.29, 1.82) is 0 Å². The van der Waals surface area contributed by atoms with Crippen LogP contribution in [0.3, 0.4) is 0 Å². The van der Waals surface area contributed by atoms with Crippen molar-refractivity contribution in [1.82, 2.24) is 9.97 Å². The van der Waals surface area contributed by atoms with E-state index in [9.17, 15) is 4.79 Å². The van der Waals surface area contributed by atoms with Crippen molar-refractivity contribution in [3.05, 3.63) is 72.9 Å². The number of rotatable bonds is 4. The Labute approximate surface area is 149 Å². The van der Waals surface area contributed by atoms with E-state index in [4.69, 9.17) is 9.15 Å². The van der Waals surface area contributed by atoms with Gasteiger partial charge in [0, 0.05) is 11.6 Å². The molecule has 0 aliphatic rings. The van der Waals surface area contributed by atoms with Gasteiger partial charge in [-0.05, 0) is 22.9 Å². The Morgan fingerprint density at radius 3 is 2.65 bits per heavy atom. The monoisotopic (exact) mass is 345 g/mol. The van der Waals surface area contributed by atoms with Crippen molar-refractivity contribution in [2.45, 2.75) is 0 Å². The lowest BCUT2D eigenvalue weighted by Gasteiger charge is -2.06. The lowest BCUT2D eigenvalue weighted by Crippen LogP contribution is -2.13. The molecular weight excluding hydrogens is 330 g/mol. The molecule has 1 N–H and O–H groups in total.